The number of ketones is 1. The number of hydrogen-bond donors (Lipinski definition) is 1. The highest BCUT2D eigenvalue weighted by molar-refractivity contribution is 6.52. The third kappa shape index (κ3) is 2.26. The fourth-order valence-electron chi connectivity index (χ4n) is 1.88. The van der Waals surface area contributed by atoms with Crippen LogP contribution in [0.1, 0.15) is 16.8 Å². The second-order valence-corrected chi connectivity index (χ2v) is 4.34. The van der Waals surface area contributed by atoms with Gasteiger partial charge in [-0.25, -0.2) is 0 Å². The molecular weight excluding hydrogens is 274 g/mol. The number of rotatable bonds is 4. The van der Waals surface area contributed by atoms with E-state index in [1.54, 1.807) is 0 Å². The summed E-state index contributed by atoms with van der Waals surface area (Å²) in [5, 5.41) is 8.90. The van der Waals surface area contributed by atoms with Crippen molar-refractivity contribution in [2.24, 2.45) is 0 Å². The van der Waals surface area contributed by atoms with Gasteiger partial charge in [-0.1, -0.05) is 11.6 Å². The first kappa shape index (κ1) is 13.4. The molecular formula is C12H10ClNO5. The van der Waals surface area contributed by atoms with Gasteiger partial charge < -0.3 is 14.7 Å². The van der Waals surface area contributed by atoms with Gasteiger partial charge in [-0.15, -0.1) is 0 Å². The Morgan fingerprint density at radius 3 is 2.68 bits per heavy atom. The van der Waals surface area contributed by atoms with Crippen molar-refractivity contribution in [1.29, 1.82) is 0 Å². The summed E-state index contributed by atoms with van der Waals surface area (Å²) >= 11 is 5.94. The molecule has 0 saturated heterocycles. The predicted molar refractivity (Wildman–Crippen MR) is 66.9 cm³/mol. The second kappa shape index (κ2) is 4.89. The van der Waals surface area contributed by atoms with Gasteiger partial charge in [-0.2, -0.15) is 0 Å². The van der Waals surface area contributed by atoms with Crippen LogP contribution in [0, 0.1) is 0 Å². The van der Waals surface area contributed by atoms with E-state index >= 15 is 0 Å². The molecule has 1 aliphatic heterocycles. The lowest BCUT2D eigenvalue weighted by atomic mass is 10.1. The molecule has 0 aliphatic carbocycles. The number of carbonyl (C=O) groups is 3. The largest absolute Gasteiger partial charge is 0.495 e. The van der Waals surface area contributed by atoms with E-state index in [1.807, 2.05) is 0 Å². The van der Waals surface area contributed by atoms with Gasteiger partial charge in [0, 0.05) is 6.54 Å². The molecule has 0 saturated carbocycles. The third-order valence-electron chi connectivity index (χ3n) is 2.79. The van der Waals surface area contributed by atoms with E-state index in [0.717, 1.165) is 4.90 Å². The van der Waals surface area contributed by atoms with Crippen LogP contribution in [-0.2, 0) is 9.59 Å². The molecule has 1 aliphatic rings. The highest BCUT2D eigenvalue weighted by atomic mass is 35.5. The van der Waals surface area contributed by atoms with Gasteiger partial charge in [-0.05, 0) is 12.1 Å². The van der Waals surface area contributed by atoms with Gasteiger partial charge >= 0.3 is 5.97 Å². The van der Waals surface area contributed by atoms with Crippen LogP contribution in [0.3, 0.4) is 0 Å². The first-order valence-electron chi connectivity index (χ1n) is 5.41. The molecule has 6 nitrogen and oxygen atoms in total. The van der Waals surface area contributed by atoms with Crippen LogP contribution in [0.2, 0.25) is 5.02 Å². The Hall–Kier alpha value is -2.08. The lowest BCUT2D eigenvalue weighted by Crippen LogP contribution is -2.31. The van der Waals surface area contributed by atoms with Crippen molar-refractivity contribution in [3.8, 4) is 5.75 Å². The summed E-state index contributed by atoms with van der Waals surface area (Å²) in [5.41, 5.74) is 0.499. The minimum atomic E-state index is -1.05. The van der Waals surface area contributed by atoms with Crippen LogP contribution in [0.25, 0.3) is 0 Å². The maximum atomic E-state index is 11.8. The maximum absolute atomic E-state index is 11.8. The molecule has 0 unspecified atom stereocenters. The summed E-state index contributed by atoms with van der Waals surface area (Å²) in [6, 6.07) is 2.82. The van der Waals surface area contributed by atoms with E-state index in [-0.39, 0.29) is 23.6 Å². The number of fused-ring (bicyclic) bond motifs is 1. The monoisotopic (exact) mass is 283 g/mol. The normalized spacial score (nSPS) is 13.7. The molecule has 100 valence electrons. The Bertz CT molecular complexity index is 584. The maximum Gasteiger partial charge on any atom is 0.305 e. The Morgan fingerprint density at radius 2 is 2.11 bits per heavy atom. The zero-order valence-electron chi connectivity index (χ0n) is 9.97. The van der Waals surface area contributed by atoms with E-state index in [2.05, 4.69) is 0 Å². The number of amides is 1. The summed E-state index contributed by atoms with van der Waals surface area (Å²) in [7, 11) is 1.40. The molecule has 19 heavy (non-hydrogen) atoms. The summed E-state index contributed by atoms with van der Waals surface area (Å²) in [6.07, 6.45) is -0.248. The van der Waals surface area contributed by atoms with Crippen LogP contribution in [0.4, 0.5) is 5.69 Å². The Labute approximate surface area is 113 Å². The highest BCUT2D eigenvalue weighted by Crippen LogP contribution is 2.37. The zero-order valence-corrected chi connectivity index (χ0v) is 10.7. The zero-order chi connectivity index (χ0) is 14.2. The van der Waals surface area contributed by atoms with Crippen molar-refractivity contribution >= 4 is 34.9 Å². The van der Waals surface area contributed by atoms with E-state index in [1.165, 1.54) is 19.2 Å². The highest BCUT2D eigenvalue weighted by Gasteiger charge is 2.36. The summed E-state index contributed by atoms with van der Waals surface area (Å²) in [4.78, 5) is 35.3. The molecule has 0 radical (unpaired) electrons. The molecule has 1 aromatic carbocycles. The number of ether oxygens (including phenoxy) is 1. The quantitative estimate of drug-likeness (QED) is 0.843. The van der Waals surface area contributed by atoms with Crippen molar-refractivity contribution in [3.05, 3.63) is 22.7 Å². The number of Topliss-reactive ketones (excluding diaryl/α,β-unsaturated/α-hetero) is 1. The number of carboxylic acid groups (broad SMARTS) is 1. The van der Waals surface area contributed by atoms with Crippen molar-refractivity contribution in [3.63, 3.8) is 0 Å². The van der Waals surface area contributed by atoms with Crippen LogP contribution in [0.15, 0.2) is 12.1 Å². The minimum Gasteiger partial charge on any atom is -0.495 e. The first-order valence-corrected chi connectivity index (χ1v) is 5.79. The summed E-state index contributed by atoms with van der Waals surface area (Å²) in [5.74, 6) is -2.19. The van der Waals surface area contributed by atoms with Gasteiger partial charge in [-0.3, -0.25) is 14.4 Å². The molecule has 1 amide bonds. The minimum absolute atomic E-state index is 0.0738. The smallest absolute Gasteiger partial charge is 0.305 e. The fraction of sp³-hybridized carbons (Fsp3) is 0.250. The van der Waals surface area contributed by atoms with Crippen molar-refractivity contribution in [2.45, 2.75) is 6.42 Å². The molecule has 1 N–H and O–H groups in total. The molecule has 2 rings (SSSR count). The summed E-state index contributed by atoms with van der Waals surface area (Å²) < 4.78 is 4.98. The number of halogens is 1. The molecule has 0 atom stereocenters. The number of nitrogens with zero attached hydrogens (tertiary/aromatic N) is 1. The molecule has 0 spiro atoms. The number of hydrogen-bond acceptors (Lipinski definition) is 4. The van der Waals surface area contributed by atoms with Gasteiger partial charge in [0.05, 0.1) is 29.8 Å². The van der Waals surface area contributed by atoms with Crippen LogP contribution >= 0.6 is 11.6 Å². The van der Waals surface area contributed by atoms with Crippen LogP contribution in [-0.4, -0.2) is 36.4 Å². The number of anilines is 1. The molecule has 0 fully saturated rings. The van der Waals surface area contributed by atoms with Crippen molar-refractivity contribution in [1.82, 2.24) is 0 Å². The van der Waals surface area contributed by atoms with Gasteiger partial charge in [0.15, 0.2) is 0 Å². The predicted octanol–water partition coefficient (Wildman–Crippen LogP) is 1.35. The topological polar surface area (TPSA) is 83.9 Å². The number of carbonyl (C=O) groups excluding carboxylic acids is 2. The SMILES string of the molecule is COc1cc2c(cc1Cl)N(CCC(=O)O)C(=O)C2=O. The molecule has 7 heteroatoms. The Balaban J connectivity index is 2.42. The first-order chi connectivity index (χ1) is 8.95. The molecule has 1 aromatic rings. The number of carboxylic acids is 1. The third-order valence-corrected chi connectivity index (χ3v) is 3.09. The van der Waals surface area contributed by atoms with Crippen LogP contribution in [0.5, 0.6) is 5.75 Å². The van der Waals surface area contributed by atoms with Crippen molar-refractivity contribution < 1.29 is 24.2 Å². The van der Waals surface area contributed by atoms with Gasteiger partial charge in [0.25, 0.3) is 11.7 Å². The average molecular weight is 284 g/mol. The fourth-order valence-corrected chi connectivity index (χ4v) is 2.12. The average Bonchev–Trinajstić information content (AvgIpc) is 2.58. The Kier molecular flexibility index (Phi) is 3.44. The lowest BCUT2D eigenvalue weighted by Gasteiger charge is -2.15. The second-order valence-electron chi connectivity index (χ2n) is 3.93. The van der Waals surface area contributed by atoms with E-state index < -0.39 is 17.7 Å². The number of methoxy groups -OCH3 is 1. The van der Waals surface area contributed by atoms with E-state index in [4.69, 9.17) is 21.4 Å². The van der Waals surface area contributed by atoms with Crippen LogP contribution < -0.4 is 9.64 Å². The standard InChI is InChI=1S/C12H10ClNO5/c1-19-9-4-6-8(5-7(9)13)14(3-2-10(15)16)12(18)11(6)17/h4-5H,2-3H2,1H3,(H,15,16). The van der Waals surface area contributed by atoms with Gasteiger partial charge in [0.2, 0.25) is 0 Å². The molecule has 0 aromatic heterocycles. The van der Waals surface area contributed by atoms with Crippen molar-refractivity contribution in [2.75, 3.05) is 18.6 Å². The molecule has 1 heterocycles. The number of benzene rings is 1. The van der Waals surface area contributed by atoms with E-state index in [9.17, 15) is 14.4 Å². The number of aliphatic carboxylic acids is 1. The summed E-state index contributed by atoms with van der Waals surface area (Å²) in [6.45, 7) is -0.0738. The Morgan fingerprint density at radius 1 is 1.42 bits per heavy atom. The van der Waals surface area contributed by atoms with E-state index in [0.29, 0.717) is 11.4 Å². The molecule has 0 bridgehead atoms. The van der Waals surface area contributed by atoms with Gasteiger partial charge in [0.1, 0.15) is 5.75 Å². The lowest BCUT2D eigenvalue weighted by molar-refractivity contribution is -0.136.